The summed E-state index contributed by atoms with van der Waals surface area (Å²) in [5.74, 6) is 0. The fourth-order valence-electron chi connectivity index (χ4n) is 1.48. The zero-order valence-electron chi connectivity index (χ0n) is 8.90. The summed E-state index contributed by atoms with van der Waals surface area (Å²) < 4.78 is 37.7. The van der Waals surface area contributed by atoms with E-state index in [2.05, 4.69) is 31.9 Å². The van der Waals surface area contributed by atoms with Gasteiger partial charge in [0.15, 0.2) is 0 Å². The summed E-state index contributed by atoms with van der Waals surface area (Å²) in [4.78, 5) is 0. The minimum absolute atomic E-state index is 0.0488. The van der Waals surface area contributed by atoms with Crippen LogP contribution in [0.25, 0.3) is 0 Å². The first-order valence-corrected chi connectivity index (χ1v) is 6.65. The molecule has 0 aliphatic heterocycles. The maximum atomic E-state index is 12.0. The van der Waals surface area contributed by atoms with Crippen molar-refractivity contribution >= 4 is 31.9 Å². The predicted molar refractivity (Wildman–Crippen MR) is 68.7 cm³/mol. The number of nitrogens with two attached hydrogens (primary N) is 1. The largest absolute Gasteiger partial charge is 0.389 e. The molecule has 1 unspecified atom stereocenters. The molecule has 2 N–H and O–H groups in total. The molecule has 0 fully saturated rings. The van der Waals surface area contributed by atoms with E-state index in [1.807, 2.05) is 18.2 Å². The average Bonchev–Trinajstić information content (AvgIpc) is 2.15. The summed E-state index contributed by atoms with van der Waals surface area (Å²) in [5.41, 5.74) is 6.69. The topological polar surface area (TPSA) is 26.0 Å². The first-order chi connectivity index (χ1) is 7.79. The number of rotatable bonds is 4. The van der Waals surface area contributed by atoms with Crippen LogP contribution in [0.15, 0.2) is 27.1 Å². The highest BCUT2D eigenvalue weighted by Crippen LogP contribution is 2.30. The number of alkyl halides is 3. The third-order valence-corrected chi connectivity index (χ3v) is 3.52. The van der Waals surface area contributed by atoms with Gasteiger partial charge in [0.25, 0.3) is 0 Å². The van der Waals surface area contributed by atoms with Crippen LogP contribution >= 0.6 is 31.9 Å². The smallest absolute Gasteiger partial charge is 0.324 e. The molecule has 0 saturated heterocycles. The molecule has 1 aromatic rings. The SMILES string of the molecule is NC(CCCC(F)(F)F)c1ccc(Br)cc1Br. The molecule has 0 bridgehead atoms. The van der Waals surface area contributed by atoms with Crippen LogP contribution < -0.4 is 5.73 Å². The Kier molecular flexibility index (Phi) is 5.47. The van der Waals surface area contributed by atoms with Crippen molar-refractivity contribution < 1.29 is 13.2 Å². The normalized spacial score (nSPS) is 13.8. The van der Waals surface area contributed by atoms with Gasteiger partial charge in [-0.3, -0.25) is 0 Å². The molecule has 17 heavy (non-hydrogen) atoms. The highest BCUT2D eigenvalue weighted by atomic mass is 79.9. The lowest BCUT2D eigenvalue weighted by Gasteiger charge is -2.14. The third kappa shape index (κ3) is 5.40. The van der Waals surface area contributed by atoms with Gasteiger partial charge >= 0.3 is 6.18 Å². The van der Waals surface area contributed by atoms with Gasteiger partial charge < -0.3 is 5.73 Å². The second-order valence-corrected chi connectivity index (χ2v) is 5.55. The van der Waals surface area contributed by atoms with Gasteiger partial charge in [-0.05, 0) is 30.5 Å². The molecular formula is C11H12Br2F3N. The summed E-state index contributed by atoms with van der Waals surface area (Å²) in [5, 5.41) is 0. The quantitative estimate of drug-likeness (QED) is 0.793. The van der Waals surface area contributed by atoms with Crippen molar-refractivity contribution in [3.63, 3.8) is 0 Å². The van der Waals surface area contributed by atoms with Crippen LogP contribution in [-0.2, 0) is 0 Å². The van der Waals surface area contributed by atoms with E-state index < -0.39 is 12.6 Å². The monoisotopic (exact) mass is 373 g/mol. The van der Waals surface area contributed by atoms with Gasteiger partial charge in [-0.2, -0.15) is 13.2 Å². The van der Waals surface area contributed by atoms with Gasteiger partial charge in [-0.15, -0.1) is 0 Å². The summed E-state index contributed by atoms with van der Waals surface area (Å²) in [6, 6.07) is 5.09. The second-order valence-electron chi connectivity index (χ2n) is 3.78. The van der Waals surface area contributed by atoms with Gasteiger partial charge in [0.2, 0.25) is 0 Å². The fourth-order valence-corrected chi connectivity index (χ4v) is 2.82. The summed E-state index contributed by atoms with van der Waals surface area (Å²) in [6.45, 7) is 0. The van der Waals surface area contributed by atoms with Crippen molar-refractivity contribution in [2.45, 2.75) is 31.5 Å². The molecule has 0 aliphatic rings. The van der Waals surface area contributed by atoms with Crippen molar-refractivity contribution in [2.75, 3.05) is 0 Å². The first-order valence-electron chi connectivity index (χ1n) is 5.07. The first kappa shape index (κ1) is 15.0. The number of hydrogen-bond acceptors (Lipinski definition) is 1. The molecule has 1 aromatic carbocycles. The Morgan fingerprint density at radius 2 is 1.88 bits per heavy atom. The Bertz CT molecular complexity index is 379. The Balaban J connectivity index is 2.55. The van der Waals surface area contributed by atoms with Crippen LogP contribution in [0.3, 0.4) is 0 Å². The highest BCUT2D eigenvalue weighted by molar-refractivity contribution is 9.11. The lowest BCUT2D eigenvalue weighted by atomic mass is 10.0. The molecule has 0 saturated carbocycles. The van der Waals surface area contributed by atoms with Gasteiger partial charge in [-0.25, -0.2) is 0 Å². The molecule has 0 aliphatic carbocycles. The highest BCUT2D eigenvalue weighted by Gasteiger charge is 2.26. The van der Waals surface area contributed by atoms with Crippen LogP contribution in [0, 0.1) is 0 Å². The standard InChI is InChI=1S/C11H12Br2F3N/c12-7-3-4-8(9(13)6-7)10(17)2-1-5-11(14,15)16/h3-4,6,10H,1-2,5,17H2. The van der Waals surface area contributed by atoms with E-state index in [-0.39, 0.29) is 12.5 Å². The van der Waals surface area contributed by atoms with Crippen LogP contribution in [-0.4, -0.2) is 6.18 Å². The third-order valence-electron chi connectivity index (χ3n) is 2.34. The van der Waals surface area contributed by atoms with Crippen molar-refractivity contribution in [3.8, 4) is 0 Å². The van der Waals surface area contributed by atoms with Crippen molar-refractivity contribution in [1.82, 2.24) is 0 Å². The Labute approximate surface area is 115 Å². The zero-order valence-corrected chi connectivity index (χ0v) is 12.1. The van der Waals surface area contributed by atoms with Crippen molar-refractivity contribution in [2.24, 2.45) is 5.73 Å². The van der Waals surface area contributed by atoms with E-state index >= 15 is 0 Å². The molecule has 96 valence electrons. The summed E-state index contributed by atoms with van der Waals surface area (Å²) >= 11 is 6.65. The van der Waals surface area contributed by atoms with Crippen LogP contribution in [0.5, 0.6) is 0 Å². The molecule has 0 amide bonds. The summed E-state index contributed by atoms with van der Waals surface area (Å²) in [7, 11) is 0. The molecular weight excluding hydrogens is 363 g/mol. The molecule has 1 atom stereocenters. The Morgan fingerprint density at radius 1 is 1.24 bits per heavy atom. The zero-order chi connectivity index (χ0) is 13.1. The molecule has 0 radical (unpaired) electrons. The Hall–Kier alpha value is -0.0700. The van der Waals surface area contributed by atoms with Gasteiger partial charge in [0.1, 0.15) is 0 Å². The molecule has 0 heterocycles. The maximum absolute atomic E-state index is 12.0. The molecule has 1 rings (SSSR count). The molecule has 1 nitrogen and oxygen atoms in total. The van der Waals surface area contributed by atoms with Crippen LogP contribution in [0.4, 0.5) is 13.2 Å². The predicted octanol–water partition coefficient (Wildman–Crippen LogP) is 4.94. The fraction of sp³-hybridized carbons (Fsp3) is 0.455. The van der Waals surface area contributed by atoms with Crippen molar-refractivity contribution in [3.05, 3.63) is 32.7 Å². The van der Waals surface area contributed by atoms with E-state index in [0.717, 1.165) is 14.5 Å². The molecule has 0 aromatic heterocycles. The lowest BCUT2D eigenvalue weighted by molar-refractivity contribution is -0.135. The van der Waals surface area contributed by atoms with Gasteiger partial charge in [0, 0.05) is 21.4 Å². The minimum atomic E-state index is -4.10. The van der Waals surface area contributed by atoms with E-state index in [1.165, 1.54) is 0 Å². The van der Waals surface area contributed by atoms with E-state index in [0.29, 0.717) is 6.42 Å². The van der Waals surface area contributed by atoms with E-state index in [4.69, 9.17) is 5.73 Å². The lowest BCUT2D eigenvalue weighted by Crippen LogP contribution is -2.13. The number of hydrogen-bond donors (Lipinski definition) is 1. The summed E-state index contributed by atoms with van der Waals surface area (Å²) in [6.07, 6.45) is -4.52. The van der Waals surface area contributed by atoms with Crippen molar-refractivity contribution in [1.29, 1.82) is 0 Å². The van der Waals surface area contributed by atoms with Gasteiger partial charge in [0.05, 0.1) is 0 Å². The van der Waals surface area contributed by atoms with E-state index in [1.54, 1.807) is 0 Å². The maximum Gasteiger partial charge on any atom is 0.389 e. The van der Waals surface area contributed by atoms with Crippen LogP contribution in [0.1, 0.15) is 30.9 Å². The second kappa shape index (κ2) is 6.20. The average molecular weight is 375 g/mol. The van der Waals surface area contributed by atoms with E-state index in [9.17, 15) is 13.2 Å². The molecule has 6 heteroatoms. The van der Waals surface area contributed by atoms with Crippen LogP contribution in [0.2, 0.25) is 0 Å². The molecule has 0 spiro atoms. The number of benzene rings is 1. The number of halogens is 5. The minimum Gasteiger partial charge on any atom is -0.324 e. The van der Waals surface area contributed by atoms with Gasteiger partial charge in [-0.1, -0.05) is 37.9 Å². The Morgan fingerprint density at radius 3 is 2.41 bits per heavy atom.